The highest BCUT2D eigenvalue weighted by Crippen LogP contribution is 2.33. The minimum absolute atomic E-state index is 0.766. The molecule has 1 N–H and O–H groups in total. The van der Waals surface area contributed by atoms with Crippen LogP contribution in [0.2, 0.25) is 0 Å². The summed E-state index contributed by atoms with van der Waals surface area (Å²) in [6.07, 6.45) is 13.0. The summed E-state index contributed by atoms with van der Waals surface area (Å²) >= 11 is 0. The molecule has 5 atom stereocenters. The van der Waals surface area contributed by atoms with E-state index in [4.69, 9.17) is 0 Å². The van der Waals surface area contributed by atoms with E-state index in [2.05, 4.69) is 24.1 Å². The van der Waals surface area contributed by atoms with Gasteiger partial charge < -0.3 is 5.32 Å². The lowest BCUT2D eigenvalue weighted by molar-refractivity contribution is 0.0703. The lowest BCUT2D eigenvalue weighted by atomic mass is 9.77. The Kier molecular flexibility index (Phi) is 4.48. The first-order valence-corrected chi connectivity index (χ1v) is 8.76. The highest BCUT2D eigenvalue weighted by molar-refractivity contribution is 4.92. The highest BCUT2D eigenvalue weighted by Gasteiger charge is 2.34. The van der Waals surface area contributed by atoms with Crippen LogP contribution in [0.1, 0.15) is 71.6 Å². The third-order valence-corrected chi connectivity index (χ3v) is 6.05. The topological polar surface area (TPSA) is 15.3 Å². The molecule has 3 fully saturated rings. The van der Waals surface area contributed by atoms with Crippen LogP contribution >= 0.6 is 0 Å². The van der Waals surface area contributed by atoms with Crippen LogP contribution in [0, 0.1) is 5.92 Å². The van der Waals surface area contributed by atoms with Gasteiger partial charge in [0.05, 0.1) is 0 Å². The van der Waals surface area contributed by atoms with Crippen LogP contribution in [-0.4, -0.2) is 35.6 Å². The van der Waals surface area contributed by atoms with Gasteiger partial charge in [-0.25, -0.2) is 0 Å². The molecule has 2 saturated heterocycles. The van der Waals surface area contributed by atoms with Crippen LogP contribution in [0.4, 0.5) is 0 Å². The molecule has 0 aromatic heterocycles. The van der Waals surface area contributed by atoms with Gasteiger partial charge in [0.25, 0.3) is 0 Å². The van der Waals surface area contributed by atoms with E-state index in [1.165, 1.54) is 64.3 Å². The third-order valence-electron chi connectivity index (χ3n) is 6.05. The quantitative estimate of drug-likeness (QED) is 0.820. The second-order valence-electron chi connectivity index (χ2n) is 7.42. The fraction of sp³-hybridized carbons (Fsp3) is 1.00. The van der Waals surface area contributed by atoms with Crippen molar-refractivity contribution in [2.45, 2.75) is 95.8 Å². The maximum absolute atomic E-state index is 4.00. The van der Waals surface area contributed by atoms with Crippen LogP contribution in [0.5, 0.6) is 0 Å². The Balaban J connectivity index is 1.55. The first-order valence-electron chi connectivity index (χ1n) is 8.76. The molecule has 0 bridgehead atoms. The molecule has 2 nitrogen and oxygen atoms in total. The Hall–Kier alpha value is -0.0800. The van der Waals surface area contributed by atoms with Gasteiger partial charge in [-0.3, -0.25) is 4.90 Å². The Morgan fingerprint density at radius 1 is 0.842 bits per heavy atom. The number of nitrogens with one attached hydrogen (secondary N) is 1. The smallest absolute Gasteiger partial charge is 0.0198 e. The zero-order chi connectivity index (χ0) is 13.2. The molecule has 1 aliphatic carbocycles. The van der Waals surface area contributed by atoms with E-state index < -0.39 is 0 Å². The maximum Gasteiger partial charge on any atom is 0.0198 e. The number of fused-ring (bicyclic) bond motifs is 1. The molecule has 110 valence electrons. The molecule has 2 aliphatic heterocycles. The van der Waals surface area contributed by atoms with Gasteiger partial charge in [-0.2, -0.15) is 0 Å². The Morgan fingerprint density at radius 3 is 2.37 bits per heavy atom. The van der Waals surface area contributed by atoms with Gasteiger partial charge in [0.1, 0.15) is 0 Å². The van der Waals surface area contributed by atoms with Crippen molar-refractivity contribution < 1.29 is 0 Å². The molecule has 3 aliphatic rings. The van der Waals surface area contributed by atoms with Crippen molar-refractivity contribution in [2.24, 2.45) is 5.92 Å². The summed E-state index contributed by atoms with van der Waals surface area (Å²) in [5, 5.41) is 4.00. The van der Waals surface area contributed by atoms with Gasteiger partial charge in [0, 0.05) is 30.7 Å². The van der Waals surface area contributed by atoms with E-state index >= 15 is 0 Å². The predicted molar refractivity (Wildman–Crippen MR) is 81.4 cm³/mol. The monoisotopic (exact) mass is 264 g/mol. The summed E-state index contributed by atoms with van der Waals surface area (Å²) in [5.41, 5.74) is 0. The Labute approximate surface area is 119 Å². The number of likely N-dealkylation sites (tertiary alicyclic amines) is 1. The van der Waals surface area contributed by atoms with Crippen LogP contribution < -0.4 is 5.32 Å². The summed E-state index contributed by atoms with van der Waals surface area (Å²) in [7, 11) is 0. The zero-order valence-electron chi connectivity index (χ0n) is 12.9. The second-order valence-corrected chi connectivity index (χ2v) is 7.42. The van der Waals surface area contributed by atoms with Crippen LogP contribution in [0.3, 0.4) is 0 Å². The minimum Gasteiger partial charge on any atom is -0.310 e. The van der Waals surface area contributed by atoms with E-state index in [-0.39, 0.29) is 0 Å². The molecule has 0 aromatic carbocycles. The maximum atomic E-state index is 4.00. The zero-order valence-corrected chi connectivity index (χ0v) is 12.9. The average Bonchev–Trinajstić information content (AvgIpc) is 2.43. The van der Waals surface area contributed by atoms with Crippen molar-refractivity contribution >= 4 is 0 Å². The Morgan fingerprint density at radius 2 is 1.58 bits per heavy atom. The standard InChI is InChI=1S/C17H32N2/c1-13-6-5-7-14(2)19(13)12-16-11-10-15-8-3-4-9-17(15)18-16/h13-18H,3-12H2,1-2H3/t13-,14+,15?,16?,17?. The molecular weight excluding hydrogens is 232 g/mol. The van der Waals surface area contributed by atoms with Crippen molar-refractivity contribution in [1.29, 1.82) is 0 Å². The fourth-order valence-corrected chi connectivity index (χ4v) is 4.81. The lowest BCUT2D eigenvalue weighted by Gasteiger charge is -2.45. The highest BCUT2D eigenvalue weighted by atomic mass is 15.2. The van der Waals surface area contributed by atoms with Gasteiger partial charge in [-0.15, -0.1) is 0 Å². The average molecular weight is 264 g/mol. The van der Waals surface area contributed by atoms with E-state index in [1.807, 2.05) is 0 Å². The molecule has 2 heteroatoms. The van der Waals surface area contributed by atoms with Crippen molar-refractivity contribution in [3.05, 3.63) is 0 Å². The molecule has 3 rings (SSSR count). The lowest BCUT2D eigenvalue weighted by Crippen LogP contribution is -2.56. The van der Waals surface area contributed by atoms with E-state index in [0.29, 0.717) is 0 Å². The number of hydrogen-bond donors (Lipinski definition) is 1. The first kappa shape index (κ1) is 13.9. The number of rotatable bonds is 2. The van der Waals surface area contributed by atoms with Gasteiger partial charge in [0.2, 0.25) is 0 Å². The van der Waals surface area contributed by atoms with Crippen LogP contribution in [-0.2, 0) is 0 Å². The van der Waals surface area contributed by atoms with Crippen molar-refractivity contribution in [2.75, 3.05) is 6.54 Å². The van der Waals surface area contributed by atoms with Crippen molar-refractivity contribution in [1.82, 2.24) is 10.2 Å². The van der Waals surface area contributed by atoms with Gasteiger partial charge in [-0.1, -0.05) is 19.3 Å². The third kappa shape index (κ3) is 3.16. The molecule has 0 amide bonds. The van der Waals surface area contributed by atoms with Crippen molar-refractivity contribution in [3.63, 3.8) is 0 Å². The van der Waals surface area contributed by atoms with Gasteiger partial charge >= 0.3 is 0 Å². The van der Waals surface area contributed by atoms with E-state index in [9.17, 15) is 0 Å². The van der Waals surface area contributed by atoms with Gasteiger partial charge in [-0.05, 0) is 58.3 Å². The number of hydrogen-bond acceptors (Lipinski definition) is 2. The molecule has 1 saturated carbocycles. The summed E-state index contributed by atoms with van der Waals surface area (Å²) in [5.74, 6) is 1.00. The number of nitrogens with zero attached hydrogens (tertiary/aromatic N) is 1. The fourth-order valence-electron chi connectivity index (χ4n) is 4.81. The summed E-state index contributed by atoms with van der Waals surface area (Å²) in [6, 6.07) is 3.22. The van der Waals surface area contributed by atoms with Crippen LogP contribution in [0.25, 0.3) is 0 Å². The minimum atomic E-state index is 0.766. The molecule has 2 heterocycles. The summed E-state index contributed by atoms with van der Waals surface area (Å²) in [4.78, 5) is 2.78. The summed E-state index contributed by atoms with van der Waals surface area (Å²) < 4.78 is 0. The van der Waals surface area contributed by atoms with E-state index in [1.54, 1.807) is 0 Å². The van der Waals surface area contributed by atoms with E-state index in [0.717, 1.165) is 30.1 Å². The molecular formula is C17H32N2. The number of piperidine rings is 2. The predicted octanol–water partition coefficient (Wildman–Crippen LogP) is 3.56. The summed E-state index contributed by atoms with van der Waals surface area (Å²) in [6.45, 7) is 6.16. The second kappa shape index (κ2) is 6.13. The van der Waals surface area contributed by atoms with Gasteiger partial charge in [0.15, 0.2) is 0 Å². The van der Waals surface area contributed by atoms with Crippen molar-refractivity contribution in [3.8, 4) is 0 Å². The first-order chi connectivity index (χ1) is 9.24. The SMILES string of the molecule is C[C@@H]1CCC[C@H](C)N1CC1CCC2CCCCC2N1. The molecule has 19 heavy (non-hydrogen) atoms. The molecule has 3 unspecified atom stereocenters. The Bertz CT molecular complexity index is 281. The largest absolute Gasteiger partial charge is 0.310 e. The normalized spacial score (nSPS) is 44.8. The molecule has 0 spiro atoms. The van der Waals surface area contributed by atoms with Crippen LogP contribution in [0.15, 0.2) is 0 Å². The molecule has 0 aromatic rings. The molecule has 0 radical (unpaired) electrons.